The predicted octanol–water partition coefficient (Wildman–Crippen LogP) is 2.56. The third-order valence-electron chi connectivity index (χ3n) is 4.44. The van der Waals surface area contributed by atoms with E-state index in [1.54, 1.807) is 31.3 Å². The van der Waals surface area contributed by atoms with Crippen molar-refractivity contribution in [2.24, 2.45) is 0 Å². The zero-order valence-corrected chi connectivity index (χ0v) is 18.3. The van der Waals surface area contributed by atoms with Gasteiger partial charge in [0.25, 0.3) is 0 Å². The number of nitrogens with zero attached hydrogens (tertiary/aromatic N) is 2. The van der Waals surface area contributed by atoms with Gasteiger partial charge in [-0.25, -0.2) is 13.4 Å². The van der Waals surface area contributed by atoms with Crippen LogP contribution in [0.4, 0.5) is 0 Å². The normalized spacial score (nSPS) is 11.4. The Morgan fingerprint density at radius 3 is 2.50 bits per heavy atom. The molecule has 0 atom stereocenters. The van der Waals surface area contributed by atoms with Gasteiger partial charge in [-0.1, -0.05) is 17.7 Å². The highest BCUT2D eigenvalue weighted by atomic mass is 32.2. The number of thiazole rings is 1. The van der Waals surface area contributed by atoms with Gasteiger partial charge >= 0.3 is 5.97 Å². The van der Waals surface area contributed by atoms with Crippen LogP contribution in [0.2, 0.25) is 0 Å². The summed E-state index contributed by atoms with van der Waals surface area (Å²) in [5, 5.41) is 2.58. The highest BCUT2D eigenvalue weighted by molar-refractivity contribution is 7.89. The highest BCUT2D eigenvalue weighted by Crippen LogP contribution is 2.22. The minimum atomic E-state index is -3.84. The maximum Gasteiger partial charge on any atom is 0.321 e. The van der Waals surface area contributed by atoms with E-state index >= 15 is 0 Å². The molecule has 0 saturated carbocycles. The molecule has 3 rings (SSSR count). The monoisotopic (exact) mass is 447 g/mol. The molecule has 0 fully saturated rings. The number of aryl methyl sites for hydroxylation is 2. The number of nitrogens with one attached hydrogen (secondary N) is 1. The van der Waals surface area contributed by atoms with Crippen molar-refractivity contribution in [1.29, 1.82) is 0 Å². The van der Waals surface area contributed by atoms with Gasteiger partial charge in [0.1, 0.15) is 6.54 Å². The Labute approximate surface area is 178 Å². The van der Waals surface area contributed by atoms with Crippen molar-refractivity contribution in [3.8, 4) is 5.13 Å². The van der Waals surface area contributed by atoms with Gasteiger partial charge in [0.15, 0.2) is 11.7 Å². The van der Waals surface area contributed by atoms with Crippen molar-refractivity contribution in [2.45, 2.75) is 25.7 Å². The summed E-state index contributed by atoms with van der Waals surface area (Å²) in [6.45, 7) is 4.44. The molecule has 0 radical (unpaired) electrons. The van der Waals surface area contributed by atoms with E-state index in [4.69, 9.17) is 4.74 Å². The van der Waals surface area contributed by atoms with Crippen molar-refractivity contribution < 1.29 is 22.7 Å². The molecule has 0 spiro atoms. The number of aromatic nitrogens is 2. The maximum absolute atomic E-state index is 12.5. The molecule has 158 valence electrons. The van der Waals surface area contributed by atoms with Crippen molar-refractivity contribution in [2.75, 3.05) is 13.2 Å². The Balaban J connectivity index is 1.58. The number of sulfonamides is 1. The van der Waals surface area contributed by atoms with Crippen molar-refractivity contribution >= 4 is 33.1 Å². The first-order valence-electron chi connectivity index (χ1n) is 9.03. The van der Waals surface area contributed by atoms with E-state index in [0.29, 0.717) is 11.3 Å². The van der Waals surface area contributed by atoms with E-state index in [-0.39, 0.29) is 10.7 Å². The van der Waals surface area contributed by atoms with Crippen LogP contribution < -0.4 is 4.72 Å². The number of carbonyl (C=O) groups excluding carboxylic acids is 2. The lowest BCUT2D eigenvalue weighted by Gasteiger charge is -2.08. The average Bonchev–Trinajstić information content (AvgIpc) is 3.32. The van der Waals surface area contributed by atoms with Crippen LogP contribution in [0, 0.1) is 20.8 Å². The minimum Gasteiger partial charge on any atom is -0.456 e. The standard InChI is InChI=1S/C20H21N3O5S2/c1-13-4-6-16(7-5-13)30(26,27)22-11-19(25)28-12-18(24)17-10-14(2)23(15(17)3)20-21-8-9-29-20/h4-10,22H,11-12H2,1-3H3. The molecule has 8 nitrogen and oxygen atoms in total. The summed E-state index contributed by atoms with van der Waals surface area (Å²) < 4.78 is 33.4. The molecule has 0 saturated heterocycles. The first-order chi connectivity index (χ1) is 14.2. The van der Waals surface area contributed by atoms with E-state index in [0.717, 1.165) is 16.4 Å². The van der Waals surface area contributed by atoms with E-state index in [2.05, 4.69) is 9.71 Å². The zero-order chi connectivity index (χ0) is 21.9. The number of ether oxygens (including phenoxy) is 1. The fourth-order valence-electron chi connectivity index (χ4n) is 2.90. The number of hydrogen-bond acceptors (Lipinski definition) is 7. The molecule has 2 heterocycles. The molecule has 0 aliphatic heterocycles. The molecule has 0 unspecified atom stereocenters. The summed E-state index contributed by atoms with van der Waals surface area (Å²) in [6.07, 6.45) is 1.68. The summed E-state index contributed by atoms with van der Waals surface area (Å²) in [4.78, 5) is 28.8. The molecule has 30 heavy (non-hydrogen) atoms. The van der Waals surface area contributed by atoms with Gasteiger partial charge in [-0.15, -0.1) is 11.3 Å². The molecule has 3 aromatic rings. The lowest BCUT2D eigenvalue weighted by molar-refractivity contribution is -0.141. The van der Waals surface area contributed by atoms with Crippen molar-refractivity contribution in [1.82, 2.24) is 14.3 Å². The number of carbonyl (C=O) groups is 2. The fraction of sp³-hybridized carbons (Fsp3) is 0.250. The third-order valence-corrected chi connectivity index (χ3v) is 6.62. The smallest absolute Gasteiger partial charge is 0.321 e. The second-order valence-corrected chi connectivity index (χ2v) is 9.30. The van der Waals surface area contributed by atoms with Crippen LogP contribution >= 0.6 is 11.3 Å². The lowest BCUT2D eigenvalue weighted by atomic mass is 10.1. The summed E-state index contributed by atoms with van der Waals surface area (Å²) >= 11 is 1.45. The van der Waals surface area contributed by atoms with Gasteiger partial charge < -0.3 is 4.74 Å². The average molecular weight is 448 g/mol. The van der Waals surface area contributed by atoms with Gasteiger partial charge in [-0.3, -0.25) is 14.2 Å². The van der Waals surface area contributed by atoms with Crippen molar-refractivity contribution in [3.63, 3.8) is 0 Å². The Hall–Kier alpha value is -2.82. The molecular weight excluding hydrogens is 426 g/mol. The minimum absolute atomic E-state index is 0.0478. The van der Waals surface area contributed by atoms with Crippen LogP contribution in [0.25, 0.3) is 5.13 Å². The van der Waals surface area contributed by atoms with Crippen molar-refractivity contribution in [3.05, 3.63) is 64.4 Å². The van der Waals surface area contributed by atoms with Gasteiger partial charge in [0.05, 0.1) is 4.90 Å². The van der Waals surface area contributed by atoms with Crippen LogP contribution in [0.15, 0.2) is 46.8 Å². The van der Waals surface area contributed by atoms with E-state index in [1.165, 1.54) is 23.5 Å². The molecule has 10 heteroatoms. The third kappa shape index (κ3) is 4.84. The second-order valence-electron chi connectivity index (χ2n) is 6.66. The quantitative estimate of drug-likeness (QED) is 0.420. The first kappa shape index (κ1) is 21.9. The highest BCUT2D eigenvalue weighted by Gasteiger charge is 2.20. The number of Topliss-reactive ketones (excluding diaryl/α,β-unsaturated/α-hetero) is 1. The molecule has 0 bridgehead atoms. The summed E-state index contributed by atoms with van der Waals surface area (Å²) in [5.74, 6) is -1.21. The maximum atomic E-state index is 12.5. The van der Waals surface area contributed by atoms with Gasteiger partial charge in [0, 0.05) is 28.5 Å². The number of hydrogen-bond donors (Lipinski definition) is 1. The van der Waals surface area contributed by atoms with Crippen LogP contribution in [-0.2, 0) is 19.6 Å². The van der Waals surface area contributed by atoms with Gasteiger partial charge in [-0.2, -0.15) is 4.72 Å². The number of ketones is 1. The van der Waals surface area contributed by atoms with E-state index in [1.807, 2.05) is 23.8 Å². The van der Waals surface area contributed by atoms with E-state index < -0.39 is 29.1 Å². The largest absolute Gasteiger partial charge is 0.456 e. The SMILES string of the molecule is Cc1ccc(S(=O)(=O)NCC(=O)OCC(=O)c2cc(C)n(-c3nccs3)c2C)cc1. The summed E-state index contributed by atoms with van der Waals surface area (Å²) in [6, 6.07) is 7.93. The lowest BCUT2D eigenvalue weighted by Crippen LogP contribution is -2.31. The van der Waals surface area contributed by atoms with Crippen LogP contribution in [0.5, 0.6) is 0 Å². The number of rotatable bonds is 8. The predicted molar refractivity (Wildman–Crippen MR) is 113 cm³/mol. The van der Waals surface area contributed by atoms with Crippen LogP contribution in [-0.4, -0.2) is 42.9 Å². The molecular formula is C20H21N3O5S2. The zero-order valence-electron chi connectivity index (χ0n) is 16.7. The van der Waals surface area contributed by atoms with Gasteiger partial charge in [0.2, 0.25) is 15.8 Å². The Bertz CT molecular complexity index is 1160. The first-order valence-corrected chi connectivity index (χ1v) is 11.4. The topological polar surface area (TPSA) is 107 Å². The van der Waals surface area contributed by atoms with Gasteiger partial charge in [-0.05, 0) is 39.0 Å². The second kappa shape index (κ2) is 8.90. The molecule has 1 aromatic carbocycles. The number of benzene rings is 1. The Morgan fingerprint density at radius 1 is 1.17 bits per heavy atom. The Kier molecular flexibility index (Phi) is 6.49. The molecule has 0 aliphatic carbocycles. The molecule has 1 N–H and O–H groups in total. The fourth-order valence-corrected chi connectivity index (χ4v) is 4.62. The molecule has 0 aliphatic rings. The summed E-state index contributed by atoms with van der Waals surface area (Å²) in [7, 11) is -3.84. The van der Waals surface area contributed by atoms with E-state index in [9.17, 15) is 18.0 Å². The number of esters is 1. The van der Waals surface area contributed by atoms with Crippen LogP contribution in [0.1, 0.15) is 27.3 Å². The summed E-state index contributed by atoms with van der Waals surface area (Å²) in [5.41, 5.74) is 2.88. The Morgan fingerprint density at radius 2 is 1.87 bits per heavy atom. The molecule has 2 aromatic heterocycles. The molecule has 0 amide bonds. The van der Waals surface area contributed by atoms with Crippen LogP contribution in [0.3, 0.4) is 0 Å².